The molecule has 2 aromatic carbocycles. The molecule has 0 heterocycles. The molecule has 4 heteroatoms. The molecule has 0 saturated heterocycles. The van der Waals surface area contributed by atoms with Crippen molar-refractivity contribution >= 4 is 17.7 Å². The van der Waals surface area contributed by atoms with Gasteiger partial charge in [-0.15, -0.1) is 0 Å². The Hall–Kier alpha value is -1.81. The molecule has 2 rings (SSSR count). The first-order valence-electron chi connectivity index (χ1n) is 6.22. The average Bonchev–Trinajstić information content (AvgIpc) is 2.42. The Morgan fingerprint density at radius 1 is 1.15 bits per heavy atom. The quantitative estimate of drug-likeness (QED) is 0.893. The van der Waals surface area contributed by atoms with Crippen LogP contribution in [0.15, 0.2) is 42.5 Å². The second kappa shape index (κ2) is 6.57. The van der Waals surface area contributed by atoms with Gasteiger partial charge in [0.05, 0.1) is 5.56 Å². The van der Waals surface area contributed by atoms with E-state index in [1.165, 1.54) is 17.2 Å². The molecular weight excluding hydrogens is 275 g/mol. The van der Waals surface area contributed by atoms with Crippen LogP contribution in [0.3, 0.4) is 0 Å². The van der Waals surface area contributed by atoms with Crippen molar-refractivity contribution in [2.45, 2.75) is 18.4 Å². The number of halogens is 1. The summed E-state index contributed by atoms with van der Waals surface area (Å²) < 4.78 is 13.7. The fourth-order valence-corrected chi connectivity index (χ4v) is 2.94. The van der Waals surface area contributed by atoms with Crippen LogP contribution in [-0.4, -0.2) is 11.1 Å². The molecule has 0 amide bonds. The van der Waals surface area contributed by atoms with E-state index in [2.05, 4.69) is 19.1 Å². The third kappa shape index (κ3) is 3.61. The summed E-state index contributed by atoms with van der Waals surface area (Å²) in [5.74, 6) is -0.224. The van der Waals surface area contributed by atoms with E-state index in [0.717, 1.165) is 11.8 Å². The van der Waals surface area contributed by atoms with E-state index < -0.39 is 11.8 Å². The summed E-state index contributed by atoms with van der Waals surface area (Å²) in [7, 11) is 0. The van der Waals surface area contributed by atoms with Crippen LogP contribution in [0.25, 0.3) is 0 Å². The molecule has 0 aliphatic rings. The van der Waals surface area contributed by atoms with E-state index in [4.69, 9.17) is 5.11 Å². The topological polar surface area (TPSA) is 37.3 Å². The highest BCUT2D eigenvalue weighted by atomic mass is 32.2. The highest BCUT2D eigenvalue weighted by Crippen LogP contribution is 2.22. The standard InChI is InChI=1S/C16H15FO2S/c1-11-4-2-3-5-13(11)9-20-10-14-7-6-12(16(18)19)8-15(14)17/h2-8H,9-10H2,1H3,(H,18,19). The van der Waals surface area contributed by atoms with Gasteiger partial charge >= 0.3 is 5.97 Å². The van der Waals surface area contributed by atoms with Gasteiger partial charge in [-0.25, -0.2) is 9.18 Å². The van der Waals surface area contributed by atoms with Crippen molar-refractivity contribution in [2.24, 2.45) is 0 Å². The monoisotopic (exact) mass is 290 g/mol. The van der Waals surface area contributed by atoms with Crippen LogP contribution < -0.4 is 0 Å². The normalized spacial score (nSPS) is 10.5. The van der Waals surface area contributed by atoms with E-state index in [1.807, 2.05) is 12.1 Å². The summed E-state index contributed by atoms with van der Waals surface area (Å²) in [6.07, 6.45) is 0. The van der Waals surface area contributed by atoms with Gasteiger partial charge in [-0.2, -0.15) is 11.8 Å². The molecule has 0 aliphatic carbocycles. The van der Waals surface area contributed by atoms with Crippen LogP contribution >= 0.6 is 11.8 Å². The first-order chi connectivity index (χ1) is 9.58. The minimum Gasteiger partial charge on any atom is -0.478 e. The van der Waals surface area contributed by atoms with Crippen molar-refractivity contribution in [2.75, 3.05) is 0 Å². The number of rotatable bonds is 5. The van der Waals surface area contributed by atoms with Crippen molar-refractivity contribution in [1.82, 2.24) is 0 Å². The molecule has 0 atom stereocenters. The number of hydrogen-bond acceptors (Lipinski definition) is 2. The van der Waals surface area contributed by atoms with Crippen molar-refractivity contribution in [1.29, 1.82) is 0 Å². The second-order valence-electron chi connectivity index (χ2n) is 4.53. The lowest BCUT2D eigenvalue weighted by atomic mass is 10.1. The maximum Gasteiger partial charge on any atom is 0.335 e. The van der Waals surface area contributed by atoms with E-state index in [9.17, 15) is 9.18 Å². The fraction of sp³-hybridized carbons (Fsp3) is 0.188. The molecule has 0 bridgehead atoms. The van der Waals surface area contributed by atoms with Crippen LogP contribution in [0.4, 0.5) is 4.39 Å². The summed E-state index contributed by atoms with van der Waals surface area (Å²) in [5, 5.41) is 8.78. The Balaban J connectivity index is 1.98. The lowest BCUT2D eigenvalue weighted by Crippen LogP contribution is -1.99. The second-order valence-corrected chi connectivity index (χ2v) is 5.52. The number of hydrogen-bond donors (Lipinski definition) is 1. The van der Waals surface area contributed by atoms with Gasteiger partial charge in [0.1, 0.15) is 5.82 Å². The number of aryl methyl sites for hydroxylation is 1. The van der Waals surface area contributed by atoms with Crippen molar-refractivity contribution < 1.29 is 14.3 Å². The molecule has 0 saturated carbocycles. The largest absolute Gasteiger partial charge is 0.478 e. The summed E-state index contributed by atoms with van der Waals surface area (Å²) in [5.41, 5.74) is 2.98. The van der Waals surface area contributed by atoms with E-state index >= 15 is 0 Å². The van der Waals surface area contributed by atoms with Gasteiger partial charge < -0.3 is 5.11 Å². The van der Waals surface area contributed by atoms with Crippen molar-refractivity contribution in [3.8, 4) is 0 Å². The first kappa shape index (κ1) is 14.6. The summed E-state index contributed by atoms with van der Waals surface area (Å²) in [6.45, 7) is 2.05. The molecule has 1 N–H and O–H groups in total. The average molecular weight is 290 g/mol. The predicted octanol–water partition coefficient (Wildman–Crippen LogP) is 4.27. The van der Waals surface area contributed by atoms with Crippen LogP contribution in [0.5, 0.6) is 0 Å². The maximum absolute atomic E-state index is 13.7. The molecule has 0 aromatic heterocycles. The minimum atomic E-state index is -1.11. The van der Waals surface area contributed by atoms with Gasteiger partial charge in [0.15, 0.2) is 0 Å². The highest BCUT2D eigenvalue weighted by molar-refractivity contribution is 7.97. The lowest BCUT2D eigenvalue weighted by Gasteiger charge is -2.07. The number of carboxylic acid groups (broad SMARTS) is 1. The summed E-state index contributed by atoms with van der Waals surface area (Å²) in [4.78, 5) is 10.7. The molecule has 0 spiro atoms. The smallest absolute Gasteiger partial charge is 0.335 e. The van der Waals surface area contributed by atoms with Gasteiger partial charge in [0.25, 0.3) is 0 Å². The number of thioether (sulfide) groups is 1. The molecular formula is C16H15FO2S. The number of carboxylic acids is 1. The Kier molecular flexibility index (Phi) is 4.79. The molecule has 2 aromatic rings. The zero-order valence-electron chi connectivity index (χ0n) is 11.1. The van der Waals surface area contributed by atoms with Gasteiger partial charge in [-0.1, -0.05) is 30.3 Å². The highest BCUT2D eigenvalue weighted by Gasteiger charge is 2.08. The summed E-state index contributed by atoms with van der Waals surface area (Å²) in [6, 6.07) is 12.2. The molecule has 0 aliphatic heterocycles. The number of benzene rings is 2. The Morgan fingerprint density at radius 3 is 2.50 bits per heavy atom. The Bertz CT molecular complexity index is 626. The molecule has 2 nitrogen and oxygen atoms in total. The molecule has 0 radical (unpaired) electrons. The zero-order valence-corrected chi connectivity index (χ0v) is 11.9. The van der Waals surface area contributed by atoms with E-state index in [1.54, 1.807) is 17.8 Å². The van der Waals surface area contributed by atoms with Gasteiger partial charge in [0.2, 0.25) is 0 Å². The van der Waals surface area contributed by atoms with Crippen LogP contribution in [0.2, 0.25) is 0 Å². The van der Waals surface area contributed by atoms with Gasteiger partial charge in [-0.05, 0) is 35.7 Å². The SMILES string of the molecule is Cc1ccccc1CSCc1ccc(C(=O)O)cc1F. The Labute approximate surface area is 121 Å². The molecule has 0 unspecified atom stereocenters. The van der Waals surface area contributed by atoms with Crippen LogP contribution in [-0.2, 0) is 11.5 Å². The van der Waals surface area contributed by atoms with Crippen molar-refractivity contribution in [3.05, 3.63) is 70.5 Å². The van der Waals surface area contributed by atoms with Crippen LogP contribution in [0, 0.1) is 12.7 Å². The molecule has 20 heavy (non-hydrogen) atoms. The minimum absolute atomic E-state index is 0.0184. The number of carbonyl (C=O) groups is 1. The molecule has 0 fully saturated rings. The third-order valence-corrected chi connectivity index (χ3v) is 4.11. The third-order valence-electron chi connectivity index (χ3n) is 3.08. The van der Waals surface area contributed by atoms with Gasteiger partial charge in [-0.3, -0.25) is 0 Å². The molecule has 104 valence electrons. The predicted molar refractivity (Wildman–Crippen MR) is 79.5 cm³/mol. The van der Waals surface area contributed by atoms with Crippen LogP contribution in [0.1, 0.15) is 27.0 Å². The lowest BCUT2D eigenvalue weighted by molar-refractivity contribution is 0.0696. The van der Waals surface area contributed by atoms with E-state index in [0.29, 0.717) is 11.3 Å². The summed E-state index contributed by atoms with van der Waals surface area (Å²) >= 11 is 1.61. The van der Waals surface area contributed by atoms with Gasteiger partial charge in [0, 0.05) is 11.5 Å². The maximum atomic E-state index is 13.7. The first-order valence-corrected chi connectivity index (χ1v) is 7.37. The van der Waals surface area contributed by atoms with E-state index in [-0.39, 0.29) is 5.56 Å². The zero-order chi connectivity index (χ0) is 14.5. The number of aromatic carboxylic acids is 1. The van der Waals surface area contributed by atoms with Crippen molar-refractivity contribution in [3.63, 3.8) is 0 Å². The fourth-order valence-electron chi connectivity index (χ4n) is 1.84. The Morgan fingerprint density at radius 2 is 1.85 bits per heavy atom.